The van der Waals surface area contributed by atoms with E-state index in [4.69, 9.17) is 0 Å². The molecule has 0 spiro atoms. The zero-order valence-electron chi connectivity index (χ0n) is 16.5. The Balaban J connectivity index is 1.29. The number of amides is 2. The third kappa shape index (κ3) is 3.35. The number of rotatable bonds is 4. The monoisotopic (exact) mass is 406 g/mol. The van der Waals surface area contributed by atoms with E-state index in [1.54, 1.807) is 23.1 Å². The maximum atomic E-state index is 14.0. The van der Waals surface area contributed by atoms with Crippen LogP contribution in [0.15, 0.2) is 54.7 Å². The van der Waals surface area contributed by atoms with Crippen molar-refractivity contribution >= 4 is 22.7 Å². The first-order chi connectivity index (χ1) is 14.6. The second-order valence-electron chi connectivity index (χ2n) is 8.00. The summed E-state index contributed by atoms with van der Waals surface area (Å²) in [5, 5.41) is 3.99. The molecule has 0 aliphatic carbocycles. The first-order valence-corrected chi connectivity index (χ1v) is 10.2. The highest BCUT2D eigenvalue weighted by Crippen LogP contribution is 2.23. The molecule has 3 aromatic rings. The van der Waals surface area contributed by atoms with Crippen molar-refractivity contribution in [1.29, 1.82) is 0 Å². The van der Waals surface area contributed by atoms with Crippen LogP contribution in [0, 0.1) is 5.82 Å². The van der Waals surface area contributed by atoms with Crippen molar-refractivity contribution in [2.75, 3.05) is 19.6 Å². The molecule has 0 unspecified atom stereocenters. The third-order valence-electron chi connectivity index (χ3n) is 6.12. The van der Waals surface area contributed by atoms with Gasteiger partial charge in [-0.3, -0.25) is 14.5 Å². The molecular weight excluding hydrogens is 383 g/mol. The van der Waals surface area contributed by atoms with E-state index in [-0.39, 0.29) is 17.6 Å². The summed E-state index contributed by atoms with van der Waals surface area (Å²) in [6.07, 6.45) is 2.36. The Hall–Kier alpha value is -3.19. The maximum absolute atomic E-state index is 14.0. The van der Waals surface area contributed by atoms with Crippen molar-refractivity contribution in [2.45, 2.75) is 25.0 Å². The van der Waals surface area contributed by atoms with Crippen LogP contribution in [0.5, 0.6) is 0 Å². The number of hydrogen-bond acceptors (Lipinski definition) is 3. The first kappa shape index (κ1) is 18.8. The van der Waals surface area contributed by atoms with Gasteiger partial charge in [0.2, 0.25) is 11.8 Å². The number of piperazine rings is 2. The minimum absolute atomic E-state index is 0.0459. The van der Waals surface area contributed by atoms with Crippen molar-refractivity contribution in [3.05, 3.63) is 71.7 Å². The van der Waals surface area contributed by atoms with Gasteiger partial charge in [0.25, 0.3) is 0 Å². The highest BCUT2D eigenvalue weighted by atomic mass is 19.1. The molecule has 2 aliphatic heterocycles. The Morgan fingerprint density at radius 2 is 1.80 bits per heavy atom. The summed E-state index contributed by atoms with van der Waals surface area (Å²) >= 11 is 0. The van der Waals surface area contributed by atoms with Crippen LogP contribution in [0.2, 0.25) is 0 Å². The normalized spacial score (nSPS) is 22.2. The number of para-hydroxylation sites is 1. The summed E-state index contributed by atoms with van der Waals surface area (Å²) in [6.45, 7) is 1.92. The van der Waals surface area contributed by atoms with Gasteiger partial charge in [-0.05, 0) is 17.7 Å². The predicted molar refractivity (Wildman–Crippen MR) is 111 cm³/mol. The minimum atomic E-state index is -0.564. The van der Waals surface area contributed by atoms with Crippen molar-refractivity contribution in [3.8, 4) is 0 Å². The lowest BCUT2D eigenvalue weighted by Gasteiger charge is -2.45. The second-order valence-corrected chi connectivity index (χ2v) is 8.00. The average molecular weight is 406 g/mol. The quantitative estimate of drug-likeness (QED) is 0.697. The molecule has 2 fully saturated rings. The average Bonchev–Trinajstić information content (AvgIpc) is 3.16. The largest absolute Gasteiger partial charge is 0.361 e. The predicted octanol–water partition coefficient (Wildman–Crippen LogP) is 2.06. The molecule has 6 nitrogen and oxygen atoms in total. The lowest BCUT2D eigenvalue weighted by molar-refractivity contribution is -0.153. The van der Waals surface area contributed by atoms with E-state index in [1.165, 1.54) is 6.07 Å². The summed E-state index contributed by atoms with van der Waals surface area (Å²) in [5.74, 6) is -0.434. The SMILES string of the molecule is O=C1N[C@@H](Cc2c[nH]c3ccccc23)C(=O)N2CCN(Cc3ccccc3F)C[C@H]12. The smallest absolute Gasteiger partial charge is 0.246 e. The van der Waals surface area contributed by atoms with Crippen molar-refractivity contribution in [2.24, 2.45) is 0 Å². The Morgan fingerprint density at radius 1 is 1.00 bits per heavy atom. The number of aromatic nitrogens is 1. The lowest BCUT2D eigenvalue weighted by Crippen LogP contribution is -2.69. The Bertz CT molecular complexity index is 1110. The summed E-state index contributed by atoms with van der Waals surface area (Å²) in [5.41, 5.74) is 2.63. The summed E-state index contributed by atoms with van der Waals surface area (Å²) in [7, 11) is 0. The van der Waals surface area contributed by atoms with E-state index in [0.717, 1.165) is 16.5 Å². The molecular formula is C23H23FN4O2. The molecule has 154 valence electrons. The van der Waals surface area contributed by atoms with Gasteiger partial charge >= 0.3 is 0 Å². The number of halogens is 1. The summed E-state index contributed by atoms with van der Waals surface area (Å²) in [4.78, 5) is 32.9. The van der Waals surface area contributed by atoms with Gasteiger partial charge in [0.05, 0.1) is 0 Å². The van der Waals surface area contributed by atoms with Crippen molar-refractivity contribution in [3.63, 3.8) is 0 Å². The van der Waals surface area contributed by atoms with Crippen LogP contribution in [0.3, 0.4) is 0 Å². The highest BCUT2D eigenvalue weighted by molar-refractivity contribution is 5.98. The summed E-state index contributed by atoms with van der Waals surface area (Å²) in [6, 6.07) is 13.5. The molecule has 5 rings (SSSR count). The number of benzene rings is 2. The fraction of sp³-hybridized carbons (Fsp3) is 0.304. The number of carbonyl (C=O) groups is 2. The Labute approximate surface area is 173 Å². The molecule has 0 radical (unpaired) electrons. The van der Waals surface area contributed by atoms with Crippen LogP contribution < -0.4 is 5.32 Å². The number of aromatic amines is 1. The number of carbonyl (C=O) groups excluding carboxylic acids is 2. The molecule has 0 saturated carbocycles. The van der Waals surface area contributed by atoms with E-state index in [1.807, 2.05) is 35.4 Å². The maximum Gasteiger partial charge on any atom is 0.246 e. The fourth-order valence-electron chi connectivity index (χ4n) is 4.53. The van der Waals surface area contributed by atoms with Crippen LogP contribution in [0.25, 0.3) is 10.9 Å². The van der Waals surface area contributed by atoms with Gasteiger partial charge < -0.3 is 15.2 Å². The van der Waals surface area contributed by atoms with Gasteiger partial charge in [-0.1, -0.05) is 36.4 Å². The molecule has 2 N–H and O–H groups in total. The Morgan fingerprint density at radius 3 is 2.67 bits per heavy atom. The molecule has 2 amide bonds. The van der Waals surface area contributed by atoms with Crippen LogP contribution >= 0.6 is 0 Å². The molecule has 2 atom stereocenters. The van der Waals surface area contributed by atoms with Crippen LogP contribution in [0.4, 0.5) is 4.39 Å². The van der Waals surface area contributed by atoms with E-state index >= 15 is 0 Å². The number of fused-ring (bicyclic) bond motifs is 2. The molecule has 3 heterocycles. The fourth-order valence-corrected chi connectivity index (χ4v) is 4.53. The molecule has 30 heavy (non-hydrogen) atoms. The molecule has 7 heteroatoms. The highest BCUT2D eigenvalue weighted by Gasteiger charge is 2.43. The second kappa shape index (κ2) is 7.57. The molecule has 2 saturated heterocycles. The number of nitrogens with one attached hydrogen (secondary N) is 2. The molecule has 2 aromatic carbocycles. The van der Waals surface area contributed by atoms with Crippen molar-refractivity contribution in [1.82, 2.24) is 20.1 Å². The third-order valence-corrected chi connectivity index (χ3v) is 6.12. The van der Waals surface area contributed by atoms with Crippen LogP contribution in [0.1, 0.15) is 11.1 Å². The van der Waals surface area contributed by atoms with E-state index in [9.17, 15) is 14.0 Å². The van der Waals surface area contributed by atoms with Gasteiger partial charge in [-0.15, -0.1) is 0 Å². The zero-order valence-corrected chi connectivity index (χ0v) is 16.5. The summed E-state index contributed by atoms with van der Waals surface area (Å²) < 4.78 is 14.0. The van der Waals surface area contributed by atoms with E-state index in [0.29, 0.717) is 38.2 Å². The molecule has 2 aliphatic rings. The van der Waals surface area contributed by atoms with E-state index < -0.39 is 12.1 Å². The van der Waals surface area contributed by atoms with Crippen LogP contribution in [-0.2, 0) is 22.6 Å². The van der Waals surface area contributed by atoms with Gasteiger partial charge in [-0.2, -0.15) is 0 Å². The number of nitrogens with zero attached hydrogens (tertiary/aromatic N) is 2. The number of H-pyrrole nitrogens is 1. The van der Waals surface area contributed by atoms with Crippen LogP contribution in [-0.4, -0.2) is 58.3 Å². The zero-order chi connectivity index (χ0) is 20.7. The van der Waals surface area contributed by atoms with Gasteiger partial charge in [0, 0.05) is 55.3 Å². The van der Waals surface area contributed by atoms with Gasteiger partial charge in [0.15, 0.2) is 0 Å². The van der Waals surface area contributed by atoms with Gasteiger partial charge in [-0.25, -0.2) is 4.39 Å². The lowest BCUT2D eigenvalue weighted by atomic mass is 9.98. The molecule has 1 aromatic heterocycles. The Kier molecular flexibility index (Phi) is 4.75. The van der Waals surface area contributed by atoms with E-state index in [2.05, 4.69) is 10.3 Å². The standard InChI is InChI=1S/C23H23FN4O2/c24-18-7-3-1-5-15(18)13-27-9-10-28-21(14-27)22(29)26-20(23(28)30)11-16-12-25-19-8-4-2-6-17(16)19/h1-8,12,20-21,25H,9-11,13-14H2,(H,26,29)/t20-,21+/m0/s1. The topological polar surface area (TPSA) is 68.4 Å². The number of hydrogen-bond donors (Lipinski definition) is 2. The van der Waals surface area contributed by atoms with Crippen molar-refractivity contribution < 1.29 is 14.0 Å². The minimum Gasteiger partial charge on any atom is -0.361 e. The first-order valence-electron chi connectivity index (χ1n) is 10.2. The molecule has 0 bridgehead atoms. The van der Waals surface area contributed by atoms with Gasteiger partial charge in [0.1, 0.15) is 17.9 Å².